The molecule has 15 heavy (non-hydrogen) atoms. The van der Waals surface area contributed by atoms with Crippen molar-refractivity contribution >= 4 is 11.7 Å². The Balaban J connectivity index is 2.07. The quantitative estimate of drug-likeness (QED) is 0.337. The Morgan fingerprint density at radius 2 is 2.40 bits per heavy atom. The Kier molecular flexibility index (Phi) is 3.11. The van der Waals surface area contributed by atoms with E-state index in [1.54, 1.807) is 0 Å². The summed E-state index contributed by atoms with van der Waals surface area (Å²) in [6.45, 7) is 0. The number of carbonyl (C=O) groups excluding carboxylic acids is 1. The van der Waals surface area contributed by atoms with Gasteiger partial charge in [0.2, 0.25) is 0 Å². The molecule has 0 radical (unpaired) electrons. The van der Waals surface area contributed by atoms with Crippen molar-refractivity contribution in [1.82, 2.24) is 3.53 Å². The molecule has 5 heteroatoms. The van der Waals surface area contributed by atoms with Crippen molar-refractivity contribution in [2.45, 2.75) is 12.5 Å². The molecule has 3 N–H and O–H groups in total. The van der Waals surface area contributed by atoms with E-state index >= 15 is 0 Å². The fourth-order valence-corrected chi connectivity index (χ4v) is 2.22. The van der Waals surface area contributed by atoms with Crippen molar-refractivity contribution in [3.05, 3.63) is 29.3 Å². The van der Waals surface area contributed by atoms with Gasteiger partial charge in [-0.3, -0.25) is 0 Å². The summed E-state index contributed by atoms with van der Waals surface area (Å²) in [4.78, 5) is 13.2. The third kappa shape index (κ3) is 2.23. The number of carbonyl (C=O) groups is 1. The third-order valence-corrected chi connectivity index (χ3v) is 3.39. The number of anilines is 1. The molecule has 0 aromatic heterocycles. The van der Waals surface area contributed by atoms with Crippen molar-refractivity contribution in [2.75, 3.05) is 10.2 Å². The van der Waals surface area contributed by atoms with E-state index in [2.05, 4.69) is 8.85 Å². The molecule has 0 fully saturated rings. The average Bonchev–Trinajstić information content (AvgIpc) is 2.19. The summed E-state index contributed by atoms with van der Waals surface area (Å²) in [7, 11) is 0. The Morgan fingerprint density at radius 1 is 1.60 bits per heavy atom. The van der Waals surface area contributed by atoms with Crippen LogP contribution in [0, 0.1) is 0 Å². The van der Waals surface area contributed by atoms with Gasteiger partial charge in [0.1, 0.15) is 0 Å². The van der Waals surface area contributed by atoms with Crippen LogP contribution in [0.25, 0.3) is 0 Å². The Labute approximate surface area is 98.7 Å². The summed E-state index contributed by atoms with van der Waals surface area (Å²) in [5, 5.41) is 12.2. The maximum atomic E-state index is 11.3. The number of hydrogen-bond acceptors (Lipinski definition) is 2. The molecular weight excluding hydrogens is 307 g/mol. The normalized spacial score (nSPS) is 17.9. The van der Waals surface area contributed by atoms with E-state index in [9.17, 15) is 9.90 Å². The van der Waals surface area contributed by atoms with E-state index in [-0.39, 0.29) is 33.6 Å². The SMILES string of the molecule is C[I-]NC(=O)Nc1ccc2c(c1)C(O)C2. The van der Waals surface area contributed by atoms with Gasteiger partial charge in [-0.15, -0.1) is 0 Å². The number of aliphatic hydroxyl groups is 1. The molecule has 2 amide bonds. The molecule has 1 aromatic rings. The molecular formula is C10H12IN2O2-. The van der Waals surface area contributed by atoms with Crippen molar-refractivity contribution in [3.63, 3.8) is 0 Å². The van der Waals surface area contributed by atoms with Crippen molar-refractivity contribution in [2.24, 2.45) is 0 Å². The molecule has 1 aromatic carbocycles. The second-order valence-electron chi connectivity index (χ2n) is 3.37. The van der Waals surface area contributed by atoms with Gasteiger partial charge in [0.15, 0.2) is 0 Å². The zero-order valence-corrected chi connectivity index (χ0v) is 10.4. The van der Waals surface area contributed by atoms with Gasteiger partial charge < -0.3 is 0 Å². The van der Waals surface area contributed by atoms with E-state index in [4.69, 9.17) is 0 Å². The van der Waals surface area contributed by atoms with Gasteiger partial charge in [0.25, 0.3) is 0 Å². The molecule has 1 aliphatic rings. The Bertz CT molecular complexity index is 395. The molecule has 0 aliphatic heterocycles. The van der Waals surface area contributed by atoms with Crippen LogP contribution in [0.15, 0.2) is 18.2 Å². The minimum atomic E-state index is -0.358. The van der Waals surface area contributed by atoms with Gasteiger partial charge in [0.05, 0.1) is 0 Å². The third-order valence-electron chi connectivity index (χ3n) is 2.36. The standard InChI is InChI=1S/C10H12IN2O2/c1-11-13-10(15)12-7-3-2-6-4-9(14)8(6)5-7/h2-3,5,9,14H,4H2,1H3,(H2,12,13,15)/q-1. The van der Waals surface area contributed by atoms with Gasteiger partial charge in [-0.25, -0.2) is 0 Å². The Morgan fingerprint density at radius 3 is 3.07 bits per heavy atom. The topological polar surface area (TPSA) is 61.4 Å². The number of nitrogens with one attached hydrogen (secondary N) is 2. The van der Waals surface area contributed by atoms with Crippen molar-refractivity contribution < 1.29 is 31.4 Å². The molecule has 0 saturated carbocycles. The number of amides is 2. The van der Waals surface area contributed by atoms with E-state index < -0.39 is 0 Å². The summed E-state index contributed by atoms with van der Waals surface area (Å²) in [6.07, 6.45) is 0.366. The number of hydrogen-bond donors (Lipinski definition) is 3. The second kappa shape index (κ2) is 4.36. The second-order valence-corrected chi connectivity index (χ2v) is 4.99. The molecule has 1 aliphatic carbocycles. The first-order valence-electron chi connectivity index (χ1n) is 4.57. The average molecular weight is 319 g/mol. The van der Waals surface area contributed by atoms with Crippen LogP contribution in [-0.4, -0.2) is 16.1 Å². The number of halogens is 1. The molecule has 1 atom stereocenters. The monoisotopic (exact) mass is 319 g/mol. The fourth-order valence-electron chi connectivity index (χ4n) is 1.60. The number of rotatable bonds is 2. The molecule has 82 valence electrons. The molecule has 0 bridgehead atoms. The summed E-state index contributed by atoms with van der Waals surface area (Å²) >= 11 is -0.252. The molecule has 0 saturated heterocycles. The fraction of sp³-hybridized carbons (Fsp3) is 0.300. The number of aliphatic hydroxyl groups excluding tert-OH is 1. The van der Waals surface area contributed by atoms with Gasteiger partial charge in [-0.1, -0.05) is 0 Å². The first-order valence-corrected chi connectivity index (χ1v) is 7.80. The van der Waals surface area contributed by atoms with Crippen LogP contribution >= 0.6 is 0 Å². The first kappa shape index (κ1) is 10.7. The molecule has 2 rings (SSSR count). The van der Waals surface area contributed by atoms with Crippen LogP contribution in [0.1, 0.15) is 17.2 Å². The first-order chi connectivity index (χ1) is 7.20. The van der Waals surface area contributed by atoms with Crippen LogP contribution in [0.2, 0.25) is 0 Å². The van der Waals surface area contributed by atoms with E-state index in [0.29, 0.717) is 0 Å². The van der Waals surface area contributed by atoms with Crippen LogP contribution < -0.4 is 30.3 Å². The molecule has 1 unspecified atom stereocenters. The predicted octanol–water partition coefficient (Wildman–Crippen LogP) is -1.97. The summed E-state index contributed by atoms with van der Waals surface area (Å²) in [5.74, 6) is 0. The number of alkyl halides is 1. The van der Waals surface area contributed by atoms with Crippen LogP contribution in [0.4, 0.5) is 10.5 Å². The van der Waals surface area contributed by atoms with Gasteiger partial charge >= 0.3 is 98.7 Å². The van der Waals surface area contributed by atoms with Crippen molar-refractivity contribution in [1.29, 1.82) is 0 Å². The maximum absolute atomic E-state index is 11.3. The van der Waals surface area contributed by atoms with E-state index in [1.165, 1.54) is 0 Å². The number of benzene rings is 1. The van der Waals surface area contributed by atoms with E-state index in [1.807, 2.05) is 23.1 Å². The number of fused-ring (bicyclic) bond motifs is 1. The molecule has 0 heterocycles. The summed E-state index contributed by atoms with van der Waals surface area (Å²) in [6, 6.07) is 5.47. The van der Waals surface area contributed by atoms with E-state index in [0.717, 1.165) is 23.2 Å². The van der Waals surface area contributed by atoms with Gasteiger partial charge in [-0.2, -0.15) is 0 Å². The van der Waals surface area contributed by atoms with Gasteiger partial charge in [-0.05, 0) is 0 Å². The van der Waals surface area contributed by atoms with Crippen LogP contribution in [-0.2, 0) is 6.42 Å². The summed E-state index contributed by atoms with van der Waals surface area (Å²) in [5.41, 5.74) is 2.83. The summed E-state index contributed by atoms with van der Waals surface area (Å²) < 4.78 is 2.75. The van der Waals surface area contributed by atoms with Crippen LogP contribution in [0.3, 0.4) is 0 Å². The van der Waals surface area contributed by atoms with Crippen LogP contribution in [0.5, 0.6) is 0 Å². The minimum absolute atomic E-state index is 0.168. The zero-order valence-electron chi connectivity index (χ0n) is 8.25. The molecule has 0 spiro atoms. The number of urea groups is 1. The zero-order chi connectivity index (χ0) is 10.8. The van der Waals surface area contributed by atoms with Crippen molar-refractivity contribution in [3.8, 4) is 0 Å². The Hall–Kier alpha value is -0.820. The predicted molar refractivity (Wildman–Crippen MR) is 53.2 cm³/mol. The molecule has 4 nitrogen and oxygen atoms in total. The van der Waals surface area contributed by atoms with Gasteiger partial charge in [0, 0.05) is 0 Å².